The summed E-state index contributed by atoms with van der Waals surface area (Å²) in [5.41, 5.74) is 3.87. The Kier molecular flexibility index (Phi) is 5.41. The predicted molar refractivity (Wildman–Crippen MR) is 89.9 cm³/mol. The van der Waals surface area contributed by atoms with E-state index in [9.17, 15) is 0 Å². The van der Waals surface area contributed by atoms with Gasteiger partial charge >= 0.3 is 127 Å². The van der Waals surface area contributed by atoms with Gasteiger partial charge in [0.15, 0.2) is 0 Å². The van der Waals surface area contributed by atoms with Gasteiger partial charge in [0.1, 0.15) is 0 Å². The second-order valence-electron chi connectivity index (χ2n) is 5.81. The first-order valence-corrected chi connectivity index (χ1v) is 12.7. The van der Waals surface area contributed by atoms with Gasteiger partial charge in [-0.1, -0.05) is 0 Å². The molecule has 0 saturated heterocycles. The van der Waals surface area contributed by atoms with E-state index in [0.29, 0.717) is 0 Å². The van der Waals surface area contributed by atoms with Crippen LogP contribution in [0.4, 0.5) is 0 Å². The summed E-state index contributed by atoms with van der Waals surface area (Å²) in [6.45, 7) is 4.62. The molecule has 2 rings (SSSR count). The van der Waals surface area contributed by atoms with Crippen LogP contribution in [0.5, 0.6) is 0 Å². The summed E-state index contributed by atoms with van der Waals surface area (Å²) in [6, 6.07) is 12.8. The average Bonchev–Trinajstić information content (AvgIpc) is 2.47. The monoisotopic (exact) mass is 328 g/mol. The summed E-state index contributed by atoms with van der Waals surface area (Å²) in [6.07, 6.45) is 4.58. The van der Waals surface area contributed by atoms with Crippen molar-refractivity contribution in [2.45, 2.75) is 38.2 Å². The molecular weight excluding hydrogens is 303 g/mol. The third-order valence-electron chi connectivity index (χ3n) is 3.86. The van der Waals surface area contributed by atoms with Gasteiger partial charge in [-0.15, -0.1) is 0 Å². The molecule has 0 bridgehead atoms. The van der Waals surface area contributed by atoms with E-state index in [1.54, 1.807) is 4.40 Å². The van der Waals surface area contributed by atoms with Gasteiger partial charge in [0, 0.05) is 0 Å². The third-order valence-corrected chi connectivity index (χ3v) is 7.07. The number of aromatic nitrogens is 1. The Hall–Kier alpha value is -1.09. The van der Waals surface area contributed by atoms with Gasteiger partial charge in [-0.25, -0.2) is 0 Å². The summed E-state index contributed by atoms with van der Waals surface area (Å²) in [5, 5.41) is 0. The van der Waals surface area contributed by atoms with Crippen LogP contribution in [0.15, 0.2) is 42.6 Å². The van der Waals surface area contributed by atoms with Crippen molar-refractivity contribution in [2.75, 3.05) is 0 Å². The normalized spacial score (nSPS) is 12.7. The van der Waals surface area contributed by atoms with Crippen LogP contribution in [-0.2, 0) is 6.42 Å². The van der Waals surface area contributed by atoms with Crippen molar-refractivity contribution >= 4 is 18.7 Å². The molecule has 0 amide bonds. The number of hydrogen-bond acceptors (Lipinski definition) is 1. The molecule has 0 saturated carbocycles. The zero-order valence-electron chi connectivity index (χ0n) is 13.0. The first-order valence-electron chi connectivity index (χ1n) is 7.46. The van der Waals surface area contributed by atoms with Gasteiger partial charge in [-0.2, -0.15) is 0 Å². The summed E-state index contributed by atoms with van der Waals surface area (Å²) < 4.78 is 1.56. The van der Waals surface area contributed by atoms with E-state index in [0.717, 1.165) is 11.6 Å². The molecule has 0 N–H and O–H groups in total. The van der Waals surface area contributed by atoms with Crippen molar-refractivity contribution < 1.29 is 0 Å². The molecule has 1 atom stereocenters. The summed E-state index contributed by atoms with van der Waals surface area (Å²) in [4.78, 5) is 4.71. The van der Waals surface area contributed by atoms with E-state index in [-0.39, 0.29) is 0 Å². The minimum absolute atomic E-state index is 0.748. The first-order chi connectivity index (χ1) is 9.61. The second-order valence-corrected chi connectivity index (χ2v) is 11.1. The molecule has 1 aromatic carbocycles. The van der Waals surface area contributed by atoms with E-state index in [1.165, 1.54) is 24.0 Å². The number of rotatable bonds is 5. The molecule has 1 unspecified atom stereocenters. The Balaban J connectivity index is 2.40. The van der Waals surface area contributed by atoms with Crippen molar-refractivity contribution in [3.8, 4) is 11.3 Å². The SMILES string of the molecule is CCC(C)Cc1cc(-c2ccccc2)nc[c]1[Ge]([CH3])[CH3]. The Morgan fingerprint density at radius 1 is 1.15 bits per heavy atom. The zero-order valence-corrected chi connectivity index (χ0v) is 15.1. The maximum atomic E-state index is 4.71. The first kappa shape index (κ1) is 15.3. The fraction of sp³-hybridized carbons (Fsp3) is 0.389. The van der Waals surface area contributed by atoms with Crippen LogP contribution in [0.3, 0.4) is 0 Å². The molecule has 0 aliphatic rings. The fourth-order valence-corrected chi connectivity index (χ4v) is 4.79. The minimum atomic E-state index is -1.08. The number of nitrogens with zero attached hydrogens (tertiary/aromatic N) is 1. The molecule has 1 nitrogen and oxygen atoms in total. The molecule has 20 heavy (non-hydrogen) atoms. The van der Waals surface area contributed by atoms with E-state index in [2.05, 4.69) is 68.0 Å². The molecule has 0 aliphatic carbocycles. The van der Waals surface area contributed by atoms with Crippen molar-refractivity contribution in [3.63, 3.8) is 0 Å². The number of pyridine rings is 1. The topological polar surface area (TPSA) is 12.9 Å². The van der Waals surface area contributed by atoms with Gasteiger partial charge < -0.3 is 0 Å². The fourth-order valence-electron chi connectivity index (χ4n) is 2.40. The van der Waals surface area contributed by atoms with Crippen LogP contribution in [0.1, 0.15) is 25.8 Å². The van der Waals surface area contributed by atoms with Crippen LogP contribution in [0, 0.1) is 5.92 Å². The maximum absolute atomic E-state index is 4.71. The van der Waals surface area contributed by atoms with Crippen LogP contribution in [-0.4, -0.2) is 19.3 Å². The van der Waals surface area contributed by atoms with Crippen LogP contribution < -0.4 is 4.40 Å². The van der Waals surface area contributed by atoms with Crippen molar-refractivity contribution in [1.29, 1.82) is 0 Å². The summed E-state index contributed by atoms with van der Waals surface area (Å²) in [5.74, 6) is 5.58. The van der Waals surface area contributed by atoms with E-state index >= 15 is 0 Å². The Morgan fingerprint density at radius 2 is 1.85 bits per heavy atom. The summed E-state index contributed by atoms with van der Waals surface area (Å²) >= 11 is -1.08. The van der Waals surface area contributed by atoms with Crippen molar-refractivity contribution in [3.05, 3.63) is 48.2 Å². The zero-order chi connectivity index (χ0) is 14.5. The van der Waals surface area contributed by atoms with Gasteiger partial charge in [-0.3, -0.25) is 0 Å². The van der Waals surface area contributed by atoms with Gasteiger partial charge in [0.05, 0.1) is 0 Å². The molecule has 2 heteroatoms. The molecule has 1 radical (unpaired) electrons. The molecule has 1 aromatic heterocycles. The molecule has 0 fully saturated rings. The van der Waals surface area contributed by atoms with Crippen molar-refractivity contribution in [2.24, 2.45) is 5.92 Å². The van der Waals surface area contributed by atoms with E-state index in [4.69, 9.17) is 4.98 Å². The van der Waals surface area contributed by atoms with Crippen LogP contribution in [0.2, 0.25) is 11.5 Å². The Morgan fingerprint density at radius 3 is 2.45 bits per heavy atom. The number of benzene rings is 1. The molecule has 0 spiro atoms. The molecule has 105 valence electrons. The second kappa shape index (κ2) is 7.07. The van der Waals surface area contributed by atoms with Crippen LogP contribution in [0.25, 0.3) is 11.3 Å². The average molecular weight is 327 g/mol. The van der Waals surface area contributed by atoms with E-state index < -0.39 is 14.3 Å². The Bertz CT molecular complexity index is 549. The van der Waals surface area contributed by atoms with E-state index in [1.807, 2.05) is 0 Å². The van der Waals surface area contributed by atoms with Gasteiger partial charge in [0.2, 0.25) is 0 Å². The standard InChI is InChI=1S/C18H24GeN/c1-5-14(2)11-16-12-18(15-9-7-6-8-10-15)20-13-17(16)19(3)4/h6-10,12-14H,5,11H2,1-4H3. The molecule has 1 heterocycles. The quantitative estimate of drug-likeness (QED) is 0.746. The molecule has 2 aromatic rings. The van der Waals surface area contributed by atoms with Crippen molar-refractivity contribution in [1.82, 2.24) is 4.98 Å². The van der Waals surface area contributed by atoms with Crippen LogP contribution >= 0.6 is 0 Å². The van der Waals surface area contributed by atoms with Gasteiger partial charge in [0.25, 0.3) is 0 Å². The predicted octanol–water partition coefficient (Wildman–Crippen LogP) is 4.30. The summed E-state index contributed by atoms with van der Waals surface area (Å²) in [7, 11) is 0. The number of hydrogen-bond donors (Lipinski definition) is 0. The third kappa shape index (κ3) is 3.72. The molecular formula is C18H24GeN. The Labute approximate surface area is 127 Å². The molecule has 0 aliphatic heterocycles. The van der Waals surface area contributed by atoms with Gasteiger partial charge in [-0.05, 0) is 0 Å².